The van der Waals surface area contributed by atoms with Crippen molar-refractivity contribution in [3.05, 3.63) is 87.7 Å². The maximum Gasteiger partial charge on any atom is 0.137 e. The zero-order valence-electron chi connectivity index (χ0n) is 22.3. The summed E-state index contributed by atoms with van der Waals surface area (Å²) in [5.74, 6) is 7.06. The summed E-state index contributed by atoms with van der Waals surface area (Å²) >= 11 is 6.06. The van der Waals surface area contributed by atoms with Crippen LogP contribution in [0.25, 0.3) is 0 Å². The molecule has 0 aromatic heterocycles. The minimum absolute atomic E-state index is 0.0892. The van der Waals surface area contributed by atoms with Crippen LogP contribution < -0.4 is 4.90 Å². The van der Waals surface area contributed by atoms with E-state index in [2.05, 4.69) is 47.9 Å². The lowest BCUT2D eigenvalue weighted by Gasteiger charge is -2.52. The second-order valence-electron chi connectivity index (χ2n) is 11.8. The Labute approximate surface area is 230 Å². The lowest BCUT2D eigenvalue weighted by Crippen LogP contribution is -2.53. The third-order valence-electron chi connectivity index (χ3n) is 9.46. The molecule has 6 rings (SSSR count). The van der Waals surface area contributed by atoms with Crippen LogP contribution in [0.3, 0.4) is 0 Å². The molecule has 1 heterocycles. The standard InChI is InChI=1S/C33H34ClNO3/c1-32-19-28(22-6-10-25(11-7-22)35(2)3)30-27-13-12-26(36)18-23(27)20-38-31(30)29(32)15-17-33(32,37)16-14-21-4-8-24(34)9-5-21/h4-11,20,28-29,31,37H,12-13,15,17-19H2,1-3H3/t28-,29+,31+,32+,33+/m1/s1. The summed E-state index contributed by atoms with van der Waals surface area (Å²) < 4.78 is 6.51. The Hall–Kier alpha value is -3.00. The number of hydrogen-bond donors (Lipinski definition) is 1. The fraction of sp³-hybridized carbons (Fsp3) is 0.424. The number of hydrogen-bond acceptors (Lipinski definition) is 4. The molecule has 0 spiro atoms. The maximum atomic E-state index is 12.3. The van der Waals surface area contributed by atoms with Crippen molar-refractivity contribution in [2.45, 2.75) is 63.1 Å². The highest BCUT2D eigenvalue weighted by Gasteiger charge is 2.63. The molecule has 0 unspecified atom stereocenters. The Balaban J connectivity index is 1.44. The molecule has 0 bridgehead atoms. The smallest absolute Gasteiger partial charge is 0.137 e. The first kappa shape index (κ1) is 25.3. The lowest BCUT2D eigenvalue weighted by atomic mass is 9.55. The number of halogens is 1. The van der Waals surface area contributed by atoms with Gasteiger partial charge in [-0.05, 0) is 84.4 Å². The van der Waals surface area contributed by atoms with Crippen LogP contribution in [0, 0.1) is 23.2 Å². The van der Waals surface area contributed by atoms with Gasteiger partial charge in [-0.2, -0.15) is 0 Å². The third-order valence-corrected chi connectivity index (χ3v) is 9.71. The summed E-state index contributed by atoms with van der Waals surface area (Å²) in [7, 11) is 4.09. The van der Waals surface area contributed by atoms with Crippen LogP contribution in [0.5, 0.6) is 0 Å². The lowest BCUT2D eigenvalue weighted by molar-refractivity contribution is -0.119. The molecule has 4 nitrogen and oxygen atoms in total. The average molecular weight is 528 g/mol. The Kier molecular flexibility index (Phi) is 6.21. The molecule has 5 heteroatoms. The molecule has 0 saturated heterocycles. The summed E-state index contributed by atoms with van der Waals surface area (Å²) in [5, 5.41) is 12.8. The van der Waals surface area contributed by atoms with Gasteiger partial charge >= 0.3 is 0 Å². The van der Waals surface area contributed by atoms with Gasteiger partial charge < -0.3 is 14.7 Å². The molecule has 1 N–H and O–H groups in total. The van der Waals surface area contributed by atoms with Crippen molar-refractivity contribution >= 4 is 23.1 Å². The van der Waals surface area contributed by atoms with Gasteiger partial charge in [-0.25, -0.2) is 0 Å². The Bertz CT molecular complexity index is 1390. The Morgan fingerprint density at radius 2 is 1.82 bits per heavy atom. The first-order valence-electron chi connectivity index (χ1n) is 13.6. The highest BCUT2D eigenvalue weighted by Crippen LogP contribution is 2.64. The number of benzene rings is 2. The van der Waals surface area contributed by atoms with E-state index in [9.17, 15) is 9.90 Å². The quantitative estimate of drug-likeness (QED) is 0.457. The molecule has 3 saturated carbocycles. The molecule has 2 aromatic rings. The van der Waals surface area contributed by atoms with Gasteiger partial charge in [0.25, 0.3) is 0 Å². The van der Waals surface area contributed by atoms with E-state index in [1.807, 2.05) is 44.6 Å². The molecule has 196 valence electrons. The summed E-state index contributed by atoms with van der Waals surface area (Å²) in [5.41, 5.74) is 5.31. The first-order chi connectivity index (χ1) is 18.2. The van der Waals surface area contributed by atoms with Crippen molar-refractivity contribution < 1.29 is 14.6 Å². The Morgan fingerprint density at radius 1 is 1.08 bits per heavy atom. The largest absolute Gasteiger partial charge is 0.493 e. The number of rotatable bonds is 2. The SMILES string of the molecule is CN(C)c1ccc([C@H]2C[C@@]3(C)[C@@H](CC[C@@]3(O)C#Cc3ccc(Cl)cc3)[C@@H]3OC=C4CC(=O)CCC4=C32)cc1. The second kappa shape index (κ2) is 9.33. The molecule has 0 radical (unpaired) electrons. The van der Waals surface area contributed by atoms with Gasteiger partial charge in [-0.3, -0.25) is 4.79 Å². The van der Waals surface area contributed by atoms with E-state index in [0.29, 0.717) is 24.3 Å². The van der Waals surface area contributed by atoms with Crippen molar-refractivity contribution in [3.8, 4) is 11.8 Å². The van der Waals surface area contributed by atoms with Gasteiger partial charge in [0.1, 0.15) is 17.5 Å². The van der Waals surface area contributed by atoms with Gasteiger partial charge in [-0.15, -0.1) is 0 Å². The maximum absolute atomic E-state index is 12.3. The molecule has 38 heavy (non-hydrogen) atoms. The van der Waals surface area contributed by atoms with E-state index >= 15 is 0 Å². The van der Waals surface area contributed by atoms with Gasteiger partial charge in [0.05, 0.1) is 6.26 Å². The molecule has 0 amide bonds. The molecule has 5 atom stereocenters. The molecule has 2 aromatic carbocycles. The molecule has 3 fully saturated rings. The van der Waals surface area contributed by atoms with E-state index in [0.717, 1.165) is 36.1 Å². The topological polar surface area (TPSA) is 49.8 Å². The summed E-state index contributed by atoms with van der Waals surface area (Å²) in [6.07, 6.45) is 5.78. The zero-order chi connectivity index (χ0) is 26.7. The van der Waals surface area contributed by atoms with Gasteiger partial charge in [0.15, 0.2) is 0 Å². The fourth-order valence-corrected chi connectivity index (χ4v) is 7.35. The second-order valence-corrected chi connectivity index (χ2v) is 12.2. The van der Waals surface area contributed by atoms with E-state index < -0.39 is 11.0 Å². The van der Waals surface area contributed by atoms with Crippen LogP contribution in [-0.2, 0) is 9.53 Å². The summed E-state index contributed by atoms with van der Waals surface area (Å²) in [6, 6.07) is 16.2. The van der Waals surface area contributed by atoms with E-state index in [1.165, 1.54) is 16.7 Å². The number of carbonyl (C=O) groups excluding carboxylic acids is 1. The third kappa shape index (κ3) is 4.08. The molecular weight excluding hydrogens is 494 g/mol. The van der Waals surface area contributed by atoms with Gasteiger partial charge in [-0.1, -0.05) is 42.5 Å². The number of Topliss-reactive ketones (excluding diaryl/α,β-unsaturated/α-hetero) is 1. The minimum Gasteiger partial charge on any atom is -0.493 e. The van der Waals surface area contributed by atoms with Crippen LogP contribution in [-0.4, -0.2) is 36.7 Å². The van der Waals surface area contributed by atoms with E-state index in [4.69, 9.17) is 16.3 Å². The molecule has 4 aliphatic rings. The minimum atomic E-state index is -1.13. The number of fused-ring (bicyclic) bond motifs is 4. The predicted octanol–water partition coefficient (Wildman–Crippen LogP) is 6.42. The molecule has 3 aliphatic carbocycles. The monoisotopic (exact) mass is 527 g/mol. The van der Waals surface area contributed by atoms with Gasteiger partial charge in [0.2, 0.25) is 0 Å². The highest BCUT2D eigenvalue weighted by molar-refractivity contribution is 6.30. The number of carbonyl (C=O) groups is 1. The van der Waals surface area contributed by atoms with Crippen molar-refractivity contribution in [1.29, 1.82) is 0 Å². The first-order valence-corrected chi connectivity index (χ1v) is 13.9. The zero-order valence-corrected chi connectivity index (χ0v) is 23.0. The summed E-state index contributed by atoms with van der Waals surface area (Å²) in [4.78, 5) is 14.4. The summed E-state index contributed by atoms with van der Waals surface area (Å²) in [6.45, 7) is 2.21. The van der Waals surface area contributed by atoms with Crippen LogP contribution in [0.4, 0.5) is 5.69 Å². The molecular formula is C33H34ClNO3. The van der Waals surface area contributed by atoms with E-state index in [-0.39, 0.29) is 23.7 Å². The molecule has 1 aliphatic heterocycles. The van der Waals surface area contributed by atoms with Crippen LogP contribution in [0.1, 0.15) is 62.5 Å². The van der Waals surface area contributed by atoms with E-state index in [1.54, 1.807) is 0 Å². The number of nitrogens with zero attached hydrogens (tertiary/aromatic N) is 1. The van der Waals surface area contributed by atoms with Crippen LogP contribution in [0.2, 0.25) is 5.02 Å². The van der Waals surface area contributed by atoms with Crippen molar-refractivity contribution in [1.82, 2.24) is 0 Å². The number of allylic oxidation sites excluding steroid dienone is 2. The van der Waals surface area contributed by atoms with Crippen LogP contribution >= 0.6 is 11.6 Å². The van der Waals surface area contributed by atoms with Crippen LogP contribution in [0.15, 0.2) is 71.5 Å². The van der Waals surface area contributed by atoms with Crippen molar-refractivity contribution in [2.75, 3.05) is 19.0 Å². The number of ether oxygens (including phenoxy) is 1. The normalized spacial score (nSPS) is 31.8. The van der Waals surface area contributed by atoms with Crippen molar-refractivity contribution in [3.63, 3.8) is 0 Å². The van der Waals surface area contributed by atoms with Gasteiger partial charge in [0, 0.05) is 60.5 Å². The average Bonchev–Trinajstić information content (AvgIpc) is 3.18. The number of aliphatic hydroxyl groups is 1. The highest BCUT2D eigenvalue weighted by atomic mass is 35.5. The Morgan fingerprint density at radius 3 is 2.53 bits per heavy atom. The van der Waals surface area contributed by atoms with Crippen molar-refractivity contribution in [2.24, 2.45) is 11.3 Å². The predicted molar refractivity (Wildman–Crippen MR) is 151 cm³/mol. The number of anilines is 1. The fourth-order valence-electron chi connectivity index (χ4n) is 7.23. The number of ketones is 1.